The number of allylic oxidation sites excluding steroid dienone is 3. The van der Waals surface area contributed by atoms with Gasteiger partial charge in [0.2, 0.25) is 23.6 Å². The van der Waals surface area contributed by atoms with Gasteiger partial charge in [0.1, 0.15) is 6.61 Å². The van der Waals surface area contributed by atoms with Crippen LogP contribution in [0.25, 0.3) is 11.2 Å². The van der Waals surface area contributed by atoms with Gasteiger partial charge in [-0.15, -0.1) is 0 Å². The smallest absolute Gasteiger partial charge is 0.247 e. The molecule has 5 rings (SSSR count). The number of ether oxygens (including phenoxy) is 1. The molecule has 43 heavy (non-hydrogen) atoms. The number of nitrogen functional groups attached to an aromatic ring is 1. The summed E-state index contributed by atoms with van der Waals surface area (Å²) >= 11 is 0. The van der Waals surface area contributed by atoms with Crippen LogP contribution in [0.4, 0.5) is 11.6 Å². The topological polar surface area (TPSA) is 139 Å². The molecule has 0 spiro atoms. The van der Waals surface area contributed by atoms with Crippen LogP contribution < -0.4 is 20.7 Å². The van der Waals surface area contributed by atoms with Gasteiger partial charge in [0.15, 0.2) is 11.2 Å². The van der Waals surface area contributed by atoms with E-state index in [0.717, 1.165) is 33.5 Å². The van der Waals surface area contributed by atoms with E-state index in [1.54, 1.807) is 11.0 Å². The molecule has 1 aliphatic heterocycles. The van der Waals surface area contributed by atoms with Crippen LogP contribution in [0.5, 0.6) is 5.88 Å². The van der Waals surface area contributed by atoms with Crippen molar-refractivity contribution in [3.8, 4) is 17.7 Å². The van der Waals surface area contributed by atoms with Gasteiger partial charge in [-0.1, -0.05) is 73.0 Å². The first-order valence-corrected chi connectivity index (χ1v) is 13.8. The van der Waals surface area contributed by atoms with Gasteiger partial charge in [-0.25, -0.2) is 4.98 Å². The third kappa shape index (κ3) is 6.97. The summed E-state index contributed by atoms with van der Waals surface area (Å²) in [5.74, 6) is 6.40. The highest BCUT2D eigenvalue weighted by Gasteiger charge is 2.22. The largest absolute Gasteiger partial charge is 0.471 e. The summed E-state index contributed by atoms with van der Waals surface area (Å²) < 4.78 is 5.82. The molecule has 0 saturated carbocycles. The number of para-hydroxylation sites is 1. The van der Waals surface area contributed by atoms with Gasteiger partial charge < -0.3 is 25.7 Å². The molecule has 0 aliphatic carbocycles. The van der Waals surface area contributed by atoms with E-state index in [9.17, 15) is 9.59 Å². The first-order valence-electron chi connectivity index (χ1n) is 13.8. The molecule has 10 nitrogen and oxygen atoms in total. The van der Waals surface area contributed by atoms with Crippen LogP contribution in [0.15, 0.2) is 90.8 Å². The normalized spacial score (nSPS) is 14.4. The van der Waals surface area contributed by atoms with E-state index in [0.29, 0.717) is 30.1 Å². The van der Waals surface area contributed by atoms with Crippen molar-refractivity contribution in [1.82, 2.24) is 25.3 Å². The predicted octanol–water partition coefficient (Wildman–Crippen LogP) is 4.37. The van der Waals surface area contributed by atoms with Crippen molar-refractivity contribution in [2.75, 3.05) is 17.2 Å². The monoisotopic (exact) mass is 573 g/mol. The molecule has 0 atom stereocenters. The first-order chi connectivity index (χ1) is 20.9. The number of rotatable bonds is 10. The van der Waals surface area contributed by atoms with Crippen LogP contribution in [0.3, 0.4) is 0 Å². The highest BCUT2D eigenvalue weighted by molar-refractivity contribution is 5.97. The summed E-state index contributed by atoms with van der Waals surface area (Å²) in [7, 11) is 0. The van der Waals surface area contributed by atoms with E-state index in [1.165, 1.54) is 6.33 Å². The molecule has 0 fully saturated rings. The van der Waals surface area contributed by atoms with Crippen molar-refractivity contribution >= 4 is 34.6 Å². The van der Waals surface area contributed by atoms with Crippen LogP contribution in [0, 0.1) is 11.8 Å². The average molecular weight is 574 g/mol. The maximum absolute atomic E-state index is 13.4. The van der Waals surface area contributed by atoms with E-state index in [2.05, 4.69) is 43.7 Å². The Hall–Kier alpha value is -5.69. The Labute approximate surface area is 249 Å². The minimum atomic E-state index is -0.209. The number of nitrogens with zero attached hydrogens (tertiary/aromatic N) is 4. The Morgan fingerprint density at radius 1 is 1.12 bits per heavy atom. The molecule has 1 aliphatic rings. The predicted molar refractivity (Wildman–Crippen MR) is 166 cm³/mol. The number of nitrogens with two attached hydrogens (primary N) is 1. The zero-order chi connectivity index (χ0) is 30.2. The number of imidazole rings is 1. The molecule has 2 amide bonds. The lowest BCUT2D eigenvalue weighted by atomic mass is 10.0. The molecule has 216 valence electrons. The van der Waals surface area contributed by atoms with Crippen LogP contribution in [-0.4, -0.2) is 38.3 Å². The van der Waals surface area contributed by atoms with E-state index < -0.39 is 0 Å². The van der Waals surface area contributed by atoms with Crippen molar-refractivity contribution in [2.45, 2.75) is 32.9 Å². The van der Waals surface area contributed by atoms with Crippen LogP contribution >= 0.6 is 0 Å². The van der Waals surface area contributed by atoms with Crippen molar-refractivity contribution < 1.29 is 14.3 Å². The van der Waals surface area contributed by atoms with Crippen LogP contribution in [0.1, 0.15) is 36.5 Å². The number of hydrogen-bond donors (Lipinski definition) is 3. The summed E-state index contributed by atoms with van der Waals surface area (Å²) in [5, 5.41) is 2.90. The van der Waals surface area contributed by atoms with Crippen molar-refractivity contribution in [3.63, 3.8) is 0 Å². The number of carbonyl (C=O) groups is 2. The molecule has 3 heterocycles. The third-order valence-electron chi connectivity index (χ3n) is 6.80. The number of anilines is 2. The maximum Gasteiger partial charge on any atom is 0.247 e. The molecule has 0 radical (unpaired) electrons. The second-order valence-electron chi connectivity index (χ2n) is 9.76. The second kappa shape index (κ2) is 13.3. The number of aromatic amines is 1. The molecule has 0 bridgehead atoms. The number of nitrogens with one attached hydrogen (secondary N) is 2. The van der Waals surface area contributed by atoms with Gasteiger partial charge in [0.05, 0.1) is 18.6 Å². The average Bonchev–Trinajstić information content (AvgIpc) is 3.49. The number of amides is 2. The molecular weight excluding hydrogens is 542 g/mol. The van der Waals surface area contributed by atoms with Crippen LogP contribution in [0.2, 0.25) is 0 Å². The maximum atomic E-state index is 13.4. The van der Waals surface area contributed by atoms with E-state index in [4.69, 9.17) is 10.5 Å². The molecule has 0 unspecified atom stereocenters. The zero-order valence-corrected chi connectivity index (χ0v) is 23.8. The molecule has 4 N–H and O–H groups in total. The number of aromatic nitrogens is 4. The van der Waals surface area contributed by atoms with Gasteiger partial charge in [-0.3, -0.25) is 9.59 Å². The Kier molecular flexibility index (Phi) is 8.93. The third-order valence-corrected chi connectivity index (χ3v) is 6.80. The summed E-state index contributed by atoms with van der Waals surface area (Å²) in [6.07, 6.45) is 7.18. The van der Waals surface area contributed by atoms with Crippen molar-refractivity contribution in [2.24, 2.45) is 0 Å². The minimum Gasteiger partial charge on any atom is -0.471 e. The summed E-state index contributed by atoms with van der Waals surface area (Å²) in [6.45, 7) is 6.77. The van der Waals surface area contributed by atoms with Gasteiger partial charge in [-0.05, 0) is 35.8 Å². The highest BCUT2D eigenvalue weighted by atomic mass is 16.5. The molecule has 10 heteroatoms. The fourth-order valence-corrected chi connectivity index (χ4v) is 4.56. The molecule has 0 saturated heterocycles. The Bertz CT molecular complexity index is 1790. The van der Waals surface area contributed by atoms with Crippen LogP contribution in [-0.2, 0) is 22.7 Å². The molecule has 2 aromatic heterocycles. The second-order valence-corrected chi connectivity index (χ2v) is 9.76. The number of carbonyl (C=O) groups excluding carboxylic acids is 2. The lowest BCUT2D eigenvalue weighted by Gasteiger charge is -2.26. The number of hydrogen-bond acceptors (Lipinski definition) is 7. The van der Waals surface area contributed by atoms with Gasteiger partial charge in [0.25, 0.3) is 0 Å². The van der Waals surface area contributed by atoms with E-state index in [1.807, 2.05) is 67.6 Å². The van der Waals surface area contributed by atoms with E-state index >= 15 is 0 Å². The standard InChI is InChI=1S/C33H31N7O3/c1-3-7-25-14-15-26-8-5-6-9-27(26)40(19-24(25)4-2)29(42)17-16-28(41)35-18-22-10-12-23(13-11-22)20-43-32-30-31(37-21-36-30)38-33(34)39-32/h3-13,21H,2,16-20H2,1H3,(H,35,41)(H3,34,36,37,38,39)/b7-3-,25-24-. The van der Waals surface area contributed by atoms with E-state index in [-0.39, 0.29) is 37.2 Å². The van der Waals surface area contributed by atoms with Crippen molar-refractivity contribution in [1.29, 1.82) is 0 Å². The van der Waals surface area contributed by atoms with Crippen molar-refractivity contribution in [3.05, 3.63) is 108 Å². The van der Waals surface area contributed by atoms with Gasteiger partial charge in [0, 0.05) is 30.5 Å². The lowest BCUT2D eigenvalue weighted by molar-refractivity contribution is -0.125. The zero-order valence-electron chi connectivity index (χ0n) is 23.8. The first kappa shape index (κ1) is 28.8. The number of benzene rings is 2. The number of fused-ring (bicyclic) bond motifs is 2. The lowest BCUT2D eigenvalue weighted by Crippen LogP contribution is -2.35. The summed E-state index contributed by atoms with van der Waals surface area (Å²) in [4.78, 5) is 43.0. The SMILES string of the molecule is C=C/C1=C(\C=C/C)C#Cc2ccccc2N(C(=O)CCC(=O)NCc2ccc(COc3nc(N)nc4[nH]cnc34)cc2)C1. The minimum absolute atomic E-state index is 0.0596. The Balaban J connectivity index is 1.15. The fourth-order valence-electron chi connectivity index (χ4n) is 4.56. The quantitative estimate of drug-likeness (QED) is 0.240. The van der Waals surface area contributed by atoms with Gasteiger partial charge in [-0.2, -0.15) is 9.97 Å². The highest BCUT2D eigenvalue weighted by Crippen LogP contribution is 2.26. The Morgan fingerprint density at radius 3 is 2.70 bits per heavy atom. The molecule has 4 aromatic rings. The Morgan fingerprint density at radius 2 is 1.91 bits per heavy atom. The summed E-state index contributed by atoms with van der Waals surface area (Å²) in [5.41, 5.74) is 11.7. The molecular formula is C33H31N7O3. The summed E-state index contributed by atoms with van der Waals surface area (Å²) in [6, 6.07) is 15.2. The van der Waals surface area contributed by atoms with Gasteiger partial charge >= 0.3 is 0 Å². The number of H-pyrrole nitrogens is 1. The molecule has 2 aromatic carbocycles. The fraction of sp³-hybridized carbons (Fsp3) is 0.182.